The molecule has 0 saturated carbocycles. The van der Waals surface area contributed by atoms with E-state index >= 15 is 0 Å². The quantitative estimate of drug-likeness (QED) is 0.567. The second-order valence-corrected chi connectivity index (χ2v) is 4.96. The molecule has 0 heterocycles. The van der Waals surface area contributed by atoms with Crippen LogP contribution in [-0.4, -0.2) is 15.0 Å². The highest BCUT2D eigenvalue weighted by atomic mass is 32.2. The van der Waals surface area contributed by atoms with Crippen LogP contribution in [0.5, 0.6) is 0 Å². The van der Waals surface area contributed by atoms with Crippen LogP contribution in [-0.2, 0) is 14.3 Å². The van der Waals surface area contributed by atoms with E-state index in [2.05, 4.69) is 6.58 Å². The Bertz CT molecular complexity index is 449. The first-order chi connectivity index (χ1) is 7.61. The van der Waals surface area contributed by atoms with Gasteiger partial charge in [-0.05, 0) is 18.1 Å². The average Bonchev–Trinajstić information content (AvgIpc) is 2.29. The minimum Gasteiger partial charge on any atom is -0.266 e. The van der Waals surface area contributed by atoms with E-state index in [0.717, 1.165) is 12.8 Å². The SMILES string of the molecule is C=Cc1ccccc1S(=O)(=O)OCCCC. The van der Waals surface area contributed by atoms with Gasteiger partial charge < -0.3 is 0 Å². The lowest BCUT2D eigenvalue weighted by Crippen LogP contribution is -2.08. The topological polar surface area (TPSA) is 43.4 Å². The molecular formula is C12H16O3S. The van der Waals surface area contributed by atoms with Crippen LogP contribution in [0, 0.1) is 0 Å². The van der Waals surface area contributed by atoms with E-state index in [1.165, 1.54) is 12.1 Å². The third-order valence-electron chi connectivity index (χ3n) is 2.14. The van der Waals surface area contributed by atoms with Crippen LogP contribution in [0.25, 0.3) is 6.08 Å². The molecule has 0 amide bonds. The maximum absolute atomic E-state index is 11.8. The lowest BCUT2D eigenvalue weighted by molar-refractivity contribution is 0.311. The molecule has 0 spiro atoms. The molecule has 0 saturated heterocycles. The Labute approximate surface area is 96.9 Å². The van der Waals surface area contributed by atoms with Crippen LogP contribution < -0.4 is 0 Å². The molecule has 0 aromatic heterocycles. The fourth-order valence-corrected chi connectivity index (χ4v) is 2.40. The fraction of sp³-hybridized carbons (Fsp3) is 0.333. The summed E-state index contributed by atoms with van der Waals surface area (Å²) in [5.41, 5.74) is 0.569. The summed E-state index contributed by atoms with van der Waals surface area (Å²) in [4.78, 5) is 0.182. The summed E-state index contributed by atoms with van der Waals surface area (Å²) in [6.07, 6.45) is 3.14. The lowest BCUT2D eigenvalue weighted by atomic mass is 10.2. The molecule has 0 N–H and O–H groups in total. The molecule has 0 aliphatic carbocycles. The molecule has 3 nitrogen and oxygen atoms in total. The summed E-state index contributed by atoms with van der Waals surface area (Å²) in [6.45, 7) is 5.79. The van der Waals surface area contributed by atoms with Crippen molar-refractivity contribution in [2.45, 2.75) is 24.7 Å². The zero-order valence-corrected chi connectivity index (χ0v) is 10.2. The first-order valence-corrected chi connectivity index (χ1v) is 6.63. The van der Waals surface area contributed by atoms with E-state index in [0.29, 0.717) is 5.56 Å². The molecule has 0 aliphatic heterocycles. The second-order valence-electron chi connectivity index (χ2n) is 3.37. The van der Waals surface area contributed by atoms with Crippen molar-refractivity contribution in [2.75, 3.05) is 6.61 Å². The predicted molar refractivity (Wildman–Crippen MR) is 64.6 cm³/mol. The zero-order chi connectivity index (χ0) is 12.0. The van der Waals surface area contributed by atoms with E-state index in [1.807, 2.05) is 6.92 Å². The highest BCUT2D eigenvalue weighted by molar-refractivity contribution is 7.86. The molecule has 0 aliphatic rings. The molecule has 16 heavy (non-hydrogen) atoms. The summed E-state index contributed by atoms with van der Waals surface area (Å²) in [6, 6.07) is 6.66. The van der Waals surface area contributed by atoms with Gasteiger partial charge in [-0.1, -0.05) is 44.2 Å². The molecule has 1 aromatic rings. The highest BCUT2D eigenvalue weighted by Crippen LogP contribution is 2.18. The van der Waals surface area contributed by atoms with Crippen molar-refractivity contribution in [3.05, 3.63) is 36.4 Å². The van der Waals surface area contributed by atoms with E-state index in [9.17, 15) is 8.42 Å². The van der Waals surface area contributed by atoms with Crippen LogP contribution in [0.4, 0.5) is 0 Å². The van der Waals surface area contributed by atoms with Gasteiger partial charge in [0.05, 0.1) is 6.61 Å². The van der Waals surface area contributed by atoms with Gasteiger partial charge in [0, 0.05) is 0 Å². The zero-order valence-electron chi connectivity index (χ0n) is 9.35. The number of hydrogen-bond donors (Lipinski definition) is 0. The first-order valence-electron chi connectivity index (χ1n) is 5.22. The standard InChI is InChI=1S/C12H16O3S/c1-3-5-10-15-16(13,14)12-9-7-6-8-11(12)4-2/h4,6-9H,2-3,5,10H2,1H3. The van der Waals surface area contributed by atoms with Gasteiger partial charge in [-0.15, -0.1) is 0 Å². The Morgan fingerprint density at radius 3 is 2.69 bits per heavy atom. The second kappa shape index (κ2) is 5.82. The van der Waals surface area contributed by atoms with Gasteiger partial charge in [-0.25, -0.2) is 0 Å². The van der Waals surface area contributed by atoms with Gasteiger partial charge in [-0.3, -0.25) is 4.18 Å². The van der Waals surface area contributed by atoms with Crippen molar-refractivity contribution in [1.82, 2.24) is 0 Å². The molecular weight excluding hydrogens is 224 g/mol. The van der Waals surface area contributed by atoms with E-state index in [1.54, 1.807) is 18.2 Å². The smallest absolute Gasteiger partial charge is 0.266 e. The summed E-state index contributed by atoms with van der Waals surface area (Å²) >= 11 is 0. The first kappa shape index (κ1) is 12.9. The van der Waals surface area contributed by atoms with Gasteiger partial charge in [0.25, 0.3) is 10.1 Å². The van der Waals surface area contributed by atoms with Crippen LogP contribution in [0.3, 0.4) is 0 Å². The largest absolute Gasteiger partial charge is 0.297 e. The maximum Gasteiger partial charge on any atom is 0.297 e. The summed E-state index contributed by atoms with van der Waals surface area (Å²) in [5, 5.41) is 0. The summed E-state index contributed by atoms with van der Waals surface area (Å²) < 4.78 is 28.6. The van der Waals surface area contributed by atoms with Gasteiger partial charge in [0.1, 0.15) is 4.90 Å². The normalized spacial score (nSPS) is 11.3. The van der Waals surface area contributed by atoms with Crippen molar-refractivity contribution < 1.29 is 12.6 Å². The van der Waals surface area contributed by atoms with Crippen LogP contribution in [0.15, 0.2) is 35.7 Å². The number of benzene rings is 1. The van der Waals surface area contributed by atoms with Crippen molar-refractivity contribution in [1.29, 1.82) is 0 Å². The molecule has 0 fully saturated rings. The molecule has 0 atom stereocenters. The molecule has 1 aromatic carbocycles. The van der Waals surface area contributed by atoms with E-state index < -0.39 is 10.1 Å². The average molecular weight is 240 g/mol. The monoisotopic (exact) mass is 240 g/mol. The third-order valence-corrected chi connectivity index (χ3v) is 3.53. The Kier molecular flexibility index (Phi) is 4.71. The summed E-state index contributed by atoms with van der Waals surface area (Å²) in [7, 11) is -3.65. The van der Waals surface area contributed by atoms with Gasteiger partial charge in [0.15, 0.2) is 0 Å². The molecule has 4 heteroatoms. The molecule has 0 unspecified atom stereocenters. The molecule has 1 rings (SSSR count). The Morgan fingerprint density at radius 1 is 1.38 bits per heavy atom. The molecule has 0 radical (unpaired) electrons. The fourth-order valence-electron chi connectivity index (χ4n) is 1.25. The van der Waals surface area contributed by atoms with Crippen molar-refractivity contribution in [3.63, 3.8) is 0 Å². The maximum atomic E-state index is 11.8. The lowest BCUT2D eigenvalue weighted by Gasteiger charge is -2.07. The predicted octanol–water partition coefficient (Wildman–Crippen LogP) is 2.84. The van der Waals surface area contributed by atoms with Gasteiger partial charge in [0.2, 0.25) is 0 Å². The third kappa shape index (κ3) is 3.18. The van der Waals surface area contributed by atoms with Crippen molar-refractivity contribution in [3.8, 4) is 0 Å². The Morgan fingerprint density at radius 2 is 2.06 bits per heavy atom. The molecule has 88 valence electrons. The summed E-state index contributed by atoms with van der Waals surface area (Å²) in [5.74, 6) is 0. The van der Waals surface area contributed by atoms with Gasteiger partial charge in [-0.2, -0.15) is 8.42 Å². The Balaban J connectivity index is 2.93. The highest BCUT2D eigenvalue weighted by Gasteiger charge is 2.17. The molecule has 0 bridgehead atoms. The van der Waals surface area contributed by atoms with E-state index in [-0.39, 0.29) is 11.5 Å². The van der Waals surface area contributed by atoms with Crippen LogP contribution >= 0.6 is 0 Å². The van der Waals surface area contributed by atoms with Gasteiger partial charge >= 0.3 is 0 Å². The van der Waals surface area contributed by atoms with Crippen LogP contribution in [0.1, 0.15) is 25.3 Å². The number of hydrogen-bond acceptors (Lipinski definition) is 3. The van der Waals surface area contributed by atoms with Crippen molar-refractivity contribution in [2.24, 2.45) is 0 Å². The minimum absolute atomic E-state index is 0.182. The van der Waals surface area contributed by atoms with Crippen LogP contribution in [0.2, 0.25) is 0 Å². The number of unbranched alkanes of at least 4 members (excludes halogenated alkanes) is 1. The van der Waals surface area contributed by atoms with E-state index in [4.69, 9.17) is 4.18 Å². The Hall–Kier alpha value is -1.13. The number of rotatable bonds is 6. The minimum atomic E-state index is -3.65. The van der Waals surface area contributed by atoms with Crippen molar-refractivity contribution >= 4 is 16.2 Å².